The lowest BCUT2D eigenvalue weighted by molar-refractivity contribution is -0.143. The number of hydrogen-bond donors (Lipinski definition) is 1. The summed E-state index contributed by atoms with van der Waals surface area (Å²) < 4.78 is 4.82. The van der Waals surface area contributed by atoms with Gasteiger partial charge < -0.3 is 19.9 Å². The number of nitrogens with zero attached hydrogens (tertiary/aromatic N) is 2. The minimum atomic E-state index is -0.203. The maximum absolute atomic E-state index is 11.9. The van der Waals surface area contributed by atoms with Gasteiger partial charge in [-0.15, -0.1) is 0 Å². The van der Waals surface area contributed by atoms with E-state index in [4.69, 9.17) is 4.74 Å². The molecule has 120 valence electrons. The summed E-state index contributed by atoms with van der Waals surface area (Å²) in [5, 5.41) is 3.03. The maximum atomic E-state index is 11.9. The molecule has 1 rings (SSSR count). The molecular formula is C14H25N3O4. The third kappa shape index (κ3) is 6.57. The number of esters is 1. The molecule has 1 aliphatic rings. The highest BCUT2D eigenvalue weighted by Gasteiger charge is 2.21. The molecule has 1 aliphatic heterocycles. The van der Waals surface area contributed by atoms with E-state index in [9.17, 15) is 14.4 Å². The van der Waals surface area contributed by atoms with Gasteiger partial charge in [0.25, 0.3) is 0 Å². The van der Waals surface area contributed by atoms with Crippen LogP contribution in [-0.4, -0.2) is 73.5 Å². The fraction of sp³-hybridized carbons (Fsp3) is 0.786. The summed E-state index contributed by atoms with van der Waals surface area (Å²) in [4.78, 5) is 37.8. The number of ether oxygens (including phenoxy) is 1. The van der Waals surface area contributed by atoms with E-state index in [1.807, 2.05) is 0 Å². The topological polar surface area (TPSA) is 79.0 Å². The smallest absolute Gasteiger partial charge is 0.305 e. The molecule has 1 saturated heterocycles. The van der Waals surface area contributed by atoms with E-state index in [0.29, 0.717) is 52.2 Å². The van der Waals surface area contributed by atoms with Crippen molar-refractivity contribution in [3.63, 3.8) is 0 Å². The fourth-order valence-corrected chi connectivity index (χ4v) is 2.17. The molecule has 0 aromatic heterocycles. The molecule has 0 radical (unpaired) electrons. The zero-order valence-corrected chi connectivity index (χ0v) is 12.9. The van der Waals surface area contributed by atoms with Crippen molar-refractivity contribution >= 4 is 17.8 Å². The highest BCUT2D eigenvalue weighted by molar-refractivity contribution is 5.79. The second-order valence-electron chi connectivity index (χ2n) is 4.97. The molecule has 0 aliphatic carbocycles. The number of carbonyl (C=O) groups is 3. The summed E-state index contributed by atoms with van der Waals surface area (Å²) in [5.41, 5.74) is 0. The molecule has 0 spiro atoms. The molecule has 0 unspecified atom stereocenters. The molecule has 1 fully saturated rings. The molecule has 1 N–H and O–H groups in total. The summed E-state index contributed by atoms with van der Waals surface area (Å²) in [6, 6.07) is 0. The Morgan fingerprint density at radius 1 is 1.10 bits per heavy atom. The molecule has 0 aromatic carbocycles. The van der Waals surface area contributed by atoms with Gasteiger partial charge in [0.1, 0.15) is 0 Å². The van der Waals surface area contributed by atoms with Crippen LogP contribution in [-0.2, 0) is 19.1 Å². The van der Waals surface area contributed by atoms with Crippen LogP contribution in [0.2, 0.25) is 0 Å². The van der Waals surface area contributed by atoms with Gasteiger partial charge >= 0.3 is 5.97 Å². The molecule has 7 heteroatoms. The summed E-state index contributed by atoms with van der Waals surface area (Å²) >= 11 is 0. The van der Waals surface area contributed by atoms with E-state index in [1.165, 1.54) is 0 Å². The van der Waals surface area contributed by atoms with Crippen LogP contribution in [0.4, 0.5) is 0 Å². The van der Waals surface area contributed by atoms with E-state index in [0.717, 1.165) is 0 Å². The number of nitrogens with one attached hydrogen (secondary N) is 1. The van der Waals surface area contributed by atoms with Crippen molar-refractivity contribution in [3.05, 3.63) is 0 Å². The first-order valence-corrected chi connectivity index (χ1v) is 7.44. The third-order valence-corrected chi connectivity index (χ3v) is 3.39. The first kappa shape index (κ1) is 17.4. The number of piperazine rings is 1. The third-order valence-electron chi connectivity index (χ3n) is 3.39. The Kier molecular flexibility index (Phi) is 7.74. The van der Waals surface area contributed by atoms with E-state index >= 15 is 0 Å². The zero-order chi connectivity index (χ0) is 15.7. The van der Waals surface area contributed by atoms with Gasteiger partial charge in [-0.2, -0.15) is 0 Å². The Bertz CT molecular complexity index is 365. The maximum Gasteiger partial charge on any atom is 0.305 e. The van der Waals surface area contributed by atoms with Gasteiger partial charge in [0.2, 0.25) is 11.8 Å². The lowest BCUT2D eigenvalue weighted by Crippen LogP contribution is -2.51. The summed E-state index contributed by atoms with van der Waals surface area (Å²) in [6.07, 6.45) is 1.02. The average molecular weight is 299 g/mol. The van der Waals surface area contributed by atoms with Gasteiger partial charge in [0.05, 0.1) is 13.2 Å². The number of carbonyl (C=O) groups excluding carboxylic acids is 3. The van der Waals surface area contributed by atoms with Crippen molar-refractivity contribution in [1.29, 1.82) is 0 Å². The monoisotopic (exact) mass is 299 g/mol. The van der Waals surface area contributed by atoms with Crippen LogP contribution in [0.3, 0.4) is 0 Å². The van der Waals surface area contributed by atoms with E-state index in [1.54, 1.807) is 23.6 Å². The van der Waals surface area contributed by atoms with Crippen LogP contribution < -0.4 is 5.32 Å². The minimum Gasteiger partial charge on any atom is -0.466 e. The van der Waals surface area contributed by atoms with Crippen LogP contribution in [0.1, 0.15) is 26.7 Å². The molecular weight excluding hydrogens is 274 g/mol. The Labute approximate surface area is 125 Å². The van der Waals surface area contributed by atoms with Gasteiger partial charge in [-0.1, -0.05) is 0 Å². The van der Waals surface area contributed by atoms with E-state index in [-0.39, 0.29) is 24.3 Å². The Morgan fingerprint density at radius 2 is 1.71 bits per heavy atom. The molecule has 21 heavy (non-hydrogen) atoms. The Morgan fingerprint density at radius 3 is 2.29 bits per heavy atom. The quantitative estimate of drug-likeness (QED) is 0.512. The SMILES string of the molecule is CCOC(=O)CCCNCC(=O)N1CCN(C(C)=O)CC1. The molecule has 0 atom stereocenters. The Balaban J connectivity index is 2.09. The van der Waals surface area contributed by atoms with Crippen LogP contribution in [0.15, 0.2) is 0 Å². The first-order valence-electron chi connectivity index (χ1n) is 7.44. The molecule has 1 heterocycles. The highest BCUT2D eigenvalue weighted by atomic mass is 16.5. The highest BCUT2D eigenvalue weighted by Crippen LogP contribution is 2.02. The Hall–Kier alpha value is -1.63. The lowest BCUT2D eigenvalue weighted by Gasteiger charge is -2.34. The van der Waals surface area contributed by atoms with Gasteiger partial charge in [0.15, 0.2) is 0 Å². The second-order valence-corrected chi connectivity index (χ2v) is 4.97. The molecule has 2 amide bonds. The van der Waals surface area contributed by atoms with Crippen molar-refractivity contribution in [2.24, 2.45) is 0 Å². The normalized spacial score (nSPS) is 15.0. The predicted octanol–water partition coefficient (Wildman–Crippen LogP) is -0.390. The van der Waals surface area contributed by atoms with Crippen LogP contribution in [0.5, 0.6) is 0 Å². The van der Waals surface area contributed by atoms with Crippen LogP contribution in [0, 0.1) is 0 Å². The summed E-state index contributed by atoms with van der Waals surface area (Å²) in [7, 11) is 0. The fourth-order valence-electron chi connectivity index (χ4n) is 2.17. The van der Waals surface area contributed by atoms with E-state index < -0.39 is 0 Å². The van der Waals surface area contributed by atoms with Gasteiger partial charge in [0, 0.05) is 39.5 Å². The predicted molar refractivity (Wildman–Crippen MR) is 77.6 cm³/mol. The molecule has 0 bridgehead atoms. The lowest BCUT2D eigenvalue weighted by atomic mass is 10.3. The number of hydrogen-bond acceptors (Lipinski definition) is 5. The first-order chi connectivity index (χ1) is 10.0. The van der Waals surface area contributed by atoms with Crippen LogP contribution >= 0.6 is 0 Å². The molecule has 7 nitrogen and oxygen atoms in total. The van der Waals surface area contributed by atoms with E-state index in [2.05, 4.69) is 5.32 Å². The molecule has 0 aromatic rings. The largest absolute Gasteiger partial charge is 0.466 e. The van der Waals surface area contributed by atoms with Gasteiger partial charge in [-0.25, -0.2) is 0 Å². The van der Waals surface area contributed by atoms with Crippen LogP contribution in [0.25, 0.3) is 0 Å². The van der Waals surface area contributed by atoms with Crippen molar-refractivity contribution in [2.45, 2.75) is 26.7 Å². The van der Waals surface area contributed by atoms with Crippen molar-refractivity contribution in [1.82, 2.24) is 15.1 Å². The van der Waals surface area contributed by atoms with Gasteiger partial charge in [-0.05, 0) is 19.9 Å². The summed E-state index contributed by atoms with van der Waals surface area (Å²) in [6.45, 7) is 6.97. The van der Waals surface area contributed by atoms with Crippen molar-refractivity contribution < 1.29 is 19.1 Å². The molecule has 0 saturated carbocycles. The zero-order valence-electron chi connectivity index (χ0n) is 12.9. The number of rotatable bonds is 7. The summed E-state index contributed by atoms with van der Waals surface area (Å²) in [5.74, 6) is -0.112. The second kappa shape index (κ2) is 9.33. The standard InChI is InChI=1S/C14H25N3O4/c1-3-21-14(20)5-4-6-15-11-13(19)17-9-7-16(8-10-17)12(2)18/h15H,3-11H2,1-2H3. The van der Waals surface area contributed by atoms with Crippen molar-refractivity contribution in [3.8, 4) is 0 Å². The average Bonchev–Trinajstić information content (AvgIpc) is 2.47. The van der Waals surface area contributed by atoms with Gasteiger partial charge in [-0.3, -0.25) is 14.4 Å². The minimum absolute atomic E-state index is 0.0364. The number of amides is 2. The van der Waals surface area contributed by atoms with Crippen molar-refractivity contribution in [2.75, 3.05) is 45.9 Å².